The van der Waals surface area contributed by atoms with Gasteiger partial charge in [-0.15, -0.1) is 10.2 Å². The number of unbranched alkanes of at least 4 members (excludes halogenated alkanes) is 4. The van der Waals surface area contributed by atoms with E-state index in [9.17, 15) is 0 Å². The molecule has 0 saturated carbocycles. The molecule has 0 aliphatic carbocycles. The molecule has 27 heavy (non-hydrogen) atoms. The average molecular weight is 357 g/mol. The largest absolute Gasteiger partial charge is 0.494 e. The average Bonchev–Trinajstić information content (AvgIpc) is 2.72. The zero-order valence-corrected chi connectivity index (χ0v) is 15.8. The van der Waals surface area contributed by atoms with Gasteiger partial charge in [0.15, 0.2) is 5.82 Å². The van der Waals surface area contributed by atoms with Crippen LogP contribution in [0, 0.1) is 0 Å². The van der Waals surface area contributed by atoms with Crippen molar-refractivity contribution in [3.05, 3.63) is 54.7 Å². The number of hydrogen-bond donors (Lipinski definition) is 0. The molecule has 0 bridgehead atoms. The second-order valence-corrected chi connectivity index (χ2v) is 6.58. The van der Waals surface area contributed by atoms with Crippen molar-refractivity contribution in [2.45, 2.75) is 39.0 Å². The first-order valence-electron chi connectivity index (χ1n) is 9.55. The van der Waals surface area contributed by atoms with Gasteiger partial charge in [-0.1, -0.05) is 62.3 Å². The molecule has 0 aliphatic rings. The minimum absolute atomic E-state index is 0.585. The summed E-state index contributed by atoms with van der Waals surface area (Å²) in [6.45, 7) is 2.99. The summed E-state index contributed by atoms with van der Waals surface area (Å²) >= 11 is 0. The summed E-state index contributed by atoms with van der Waals surface area (Å²) in [5, 5.41) is 8.53. The van der Waals surface area contributed by atoms with Gasteiger partial charge < -0.3 is 4.74 Å². The van der Waals surface area contributed by atoms with Crippen molar-refractivity contribution in [2.24, 2.45) is 0 Å². The molecule has 3 rings (SSSR count). The first-order chi connectivity index (χ1) is 13.3. The lowest BCUT2D eigenvalue weighted by Crippen LogP contribution is -2.01. The maximum absolute atomic E-state index is 5.80. The summed E-state index contributed by atoms with van der Waals surface area (Å²) in [6, 6.07) is 15.3. The first kappa shape index (κ1) is 19.1. The van der Waals surface area contributed by atoms with Crippen molar-refractivity contribution in [2.75, 3.05) is 6.61 Å². The van der Waals surface area contributed by atoms with Crippen LogP contribution in [-0.4, -0.2) is 29.6 Å². The summed E-state index contributed by atoms with van der Waals surface area (Å²) in [5.41, 5.74) is 3.31. The molecule has 0 atom stereocenters. The van der Waals surface area contributed by atoms with Gasteiger partial charge in [0.1, 0.15) is 19.3 Å². The minimum atomic E-state index is 0.585. The molecule has 0 spiro atoms. The highest BCUT2D eigenvalue weighted by Gasteiger charge is 2.05. The lowest BCUT2D eigenvalue weighted by molar-refractivity contribution is 0.304. The fourth-order valence-electron chi connectivity index (χ4n) is 2.79. The predicted molar refractivity (Wildman–Crippen MR) is 110 cm³/mol. The Morgan fingerprint density at radius 1 is 0.815 bits per heavy atom. The van der Waals surface area contributed by atoms with E-state index in [2.05, 4.69) is 22.1 Å². The Labute approximate surface area is 162 Å². The van der Waals surface area contributed by atoms with E-state index >= 15 is 0 Å². The van der Waals surface area contributed by atoms with Gasteiger partial charge in [-0.25, -0.2) is 4.98 Å². The Morgan fingerprint density at radius 3 is 2.19 bits per heavy atom. The summed E-state index contributed by atoms with van der Waals surface area (Å²) in [7, 11) is 5.71. The van der Waals surface area contributed by atoms with E-state index in [-0.39, 0.29) is 0 Å². The molecule has 1 heterocycles. The molecule has 0 amide bonds. The quantitative estimate of drug-likeness (QED) is 0.422. The highest BCUT2D eigenvalue weighted by atomic mass is 16.5. The van der Waals surface area contributed by atoms with Crippen LogP contribution < -0.4 is 10.2 Å². The number of nitrogens with zero attached hydrogens (tertiary/aromatic N) is 3. The monoisotopic (exact) mass is 357 g/mol. The van der Waals surface area contributed by atoms with E-state index in [0.717, 1.165) is 35.6 Å². The highest BCUT2D eigenvalue weighted by molar-refractivity contribution is 6.32. The van der Waals surface area contributed by atoms with Crippen molar-refractivity contribution in [3.63, 3.8) is 0 Å². The molecule has 4 nitrogen and oxygen atoms in total. The van der Waals surface area contributed by atoms with Gasteiger partial charge in [-0.2, -0.15) is 0 Å². The van der Waals surface area contributed by atoms with Gasteiger partial charge in [-0.3, -0.25) is 0 Å². The van der Waals surface area contributed by atoms with E-state index in [0.29, 0.717) is 11.3 Å². The number of aromatic nitrogens is 3. The third-order valence-corrected chi connectivity index (χ3v) is 4.40. The molecule has 0 saturated heterocycles. The molecular weight excluding hydrogens is 333 g/mol. The second kappa shape index (κ2) is 9.86. The van der Waals surface area contributed by atoms with Crippen LogP contribution in [0.3, 0.4) is 0 Å². The van der Waals surface area contributed by atoms with Gasteiger partial charge in [0, 0.05) is 11.1 Å². The lowest BCUT2D eigenvalue weighted by Gasteiger charge is -2.07. The van der Waals surface area contributed by atoms with E-state index in [4.69, 9.17) is 12.6 Å². The number of ether oxygens (including phenoxy) is 1. The van der Waals surface area contributed by atoms with Crippen LogP contribution in [0.15, 0.2) is 54.7 Å². The molecule has 3 aromatic rings. The SMILES string of the molecule is [B]c1ccc(-c2ncc(-c3ccc(OCCCCCCC)cc3)nn2)cc1. The van der Waals surface area contributed by atoms with Crippen LogP contribution in [-0.2, 0) is 0 Å². The van der Waals surface area contributed by atoms with Crippen molar-refractivity contribution >= 4 is 13.3 Å². The van der Waals surface area contributed by atoms with Crippen LogP contribution in [0.4, 0.5) is 0 Å². The standard InChI is InChI=1S/C22H24BN3O/c1-2-3-4-5-6-15-27-20-13-9-17(10-14-20)21-16-24-22(26-25-21)18-7-11-19(23)12-8-18/h7-14,16H,2-6,15H2,1H3. The number of rotatable bonds is 9. The molecule has 136 valence electrons. The zero-order valence-electron chi connectivity index (χ0n) is 15.8. The second-order valence-electron chi connectivity index (χ2n) is 6.58. The van der Waals surface area contributed by atoms with Gasteiger partial charge in [0.05, 0.1) is 12.8 Å². The Bertz CT molecular complexity index is 818. The molecular formula is C22H24BN3O. The summed E-state index contributed by atoms with van der Waals surface area (Å²) in [4.78, 5) is 4.42. The topological polar surface area (TPSA) is 47.9 Å². The zero-order chi connectivity index (χ0) is 18.9. The summed E-state index contributed by atoms with van der Waals surface area (Å²) in [6.07, 6.45) is 7.93. The third kappa shape index (κ3) is 5.65. The lowest BCUT2D eigenvalue weighted by atomic mass is 9.95. The van der Waals surface area contributed by atoms with E-state index in [1.807, 2.05) is 48.5 Å². The Hall–Kier alpha value is -2.69. The van der Waals surface area contributed by atoms with Crippen LogP contribution >= 0.6 is 0 Å². The van der Waals surface area contributed by atoms with Crippen molar-refractivity contribution in [1.29, 1.82) is 0 Å². The third-order valence-electron chi connectivity index (χ3n) is 4.40. The Kier molecular flexibility index (Phi) is 6.97. The van der Waals surface area contributed by atoms with Crippen LogP contribution in [0.5, 0.6) is 5.75 Å². The molecule has 5 heteroatoms. The Balaban J connectivity index is 1.56. The van der Waals surface area contributed by atoms with Crippen LogP contribution in [0.2, 0.25) is 0 Å². The van der Waals surface area contributed by atoms with Crippen LogP contribution in [0.1, 0.15) is 39.0 Å². The summed E-state index contributed by atoms with van der Waals surface area (Å²) < 4.78 is 5.80. The molecule has 0 unspecified atom stereocenters. The maximum atomic E-state index is 5.80. The fraction of sp³-hybridized carbons (Fsp3) is 0.318. The molecule has 1 aromatic heterocycles. The molecule has 0 aliphatic heterocycles. The molecule has 0 N–H and O–H groups in total. The van der Waals surface area contributed by atoms with Gasteiger partial charge in [0.2, 0.25) is 0 Å². The van der Waals surface area contributed by atoms with Gasteiger partial charge in [0.25, 0.3) is 0 Å². The fourth-order valence-corrected chi connectivity index (χ4v) is 2.79. The Morgan fingerprint density at radius 2 is 1.52 bits per heavy atom. The molecule has 2 aromatic carbocycles. The van der Waals surface area contributed by atoms with E-state index < -0.39 is 0 Å². The van der Waals surface area contributed by atoms with E-state index in [1.54, 1.807) is 6.20 Å². The predicted octanol–water partition coefficient (Wildman–Crippen LogP) is 4.35. The van der Waals surface area contributed by atoms with Crippen LogP contribution in [0.25, 0.3) is 22.6 Å². The molecule has 0 fully saturated rings. The highest BCUT2D eigenvalue weighted by Crippen LogP contribution is 2.21. The number of hydrogen-bond acceptors (Lipinski definition) is 4. The van der Waals surface area contributed by atoms with Gasteiger partial charge >= 0.3 is 0 Å². The number of benzene rings is 2. The molecule has 2 radical (unpaired) electrons. The van der Waals surface area contributed by atoms with E-state index in [1.165, 1.54) is 25.7 Å². The van der Waals surface area contributed by atoms with Crippen molar-refractivity contribution in [3.8, 4) is 28.4 Å². The van der Waals surface area contributed by atoms with Crippen molar-refractivity contribution < 1.29 is 4.74 Å². The normalized spacial score (nSPS) is 10.7. The minimum Gasteiger partial charge on any atom is -0.494 e. The maximum Gasteiger partial charge on any atom is 0.181 e. The first-order valence-corrected chi connectivity index (χ1v) is 9.55. The summed E-state index contributed by atoms with van der Waals surface area (Å²) in [5.74, 6) is 1.47. The van der Waals surface area contributed by atoms with Gasteiger partial charge in [-0.05, 0) is 30.7 Å². The van der Waals surface area contributed by atoms with Crippen molar-refractivity contribution in [1.82, 2.24) is 15.2 Å². The smallest absolute Gasteiger partial charge is 0.181 e.